The quantitative estimate of drug-likeness (QED) is 0.703. The molecule has 0 aliphatic carbocycles. The molecule has 25 heavy (non-hydrogen) atoms. The topological polar surface area (TPSA) is 51.4 Å². The van der Waals surface area contributed by atoms with E-state index < -0.39 is 0 Å². The molecule has 1 unspecified atom stereocenters. The number of methoxy groups -OCH3 is 1. The van der Waals surface area contributed by atoms with Gasteiger partial charge in [0.05, 0.1) is 13.7 Å². The third kappa shape index (κ3) is 3.42. The van der Waals surface area contributed by atoms with Gasteiger partial charge < -0.3 is 9.15 Å². The molecule has 0 amide bonds. The highest BCUT2D eigenvalue weighted by Crippen LogP contribution is 2.34. The first-order valence-corrected chi connectivity index (χ1v) is 8.59. The van der Waals surface area contributed by atoms with E-state index >= 15 is 0 Å². The van der Waals surface area contributed by atoms with Gasteiger partial charge in [0.15, 0.2) is 0 Å². The first-order valence-electron chi connectivity index (χ1n) is 8.59. The Morgan fingerprint density at radius 1 is 1.12 bits per heavy atom. The van der Waals surface area contributed by atoms with Gasteiger partial charge in [-0.3, -0.25) is 4.90 Å². The summed E-state index contributed by atoms with van der Waals surface area (Å²) in [5.41, 5.74) is 2.23. The average Bonchev–Trinajstić information content (AvgIpc) is 3.32. The minimum Gasteiger partial charge on any atom is -0.497 e. The van der Waals surface area contributed by atoms with Crippen LogP contribution in [0.2, 0.25) is 0 Å². The van der Waals surface area contributed by atoms with Crippen molar-refractivity contribution >= 4 is 0 Å². The normalized spacial score (nSPS) is 17.7. The fourth-order valence-electron chi connectivity index (χ4n) is 3.43. The molecule has 0 radical (unpaired) electrons. The van der Waals surface area contributed by atoms with Crippen LogP contribution in [0.4, 0.5) is 0 Å². The van der Waals surface area contributed by atoms with Crippen LogP contribution in [-0.4, -0.2) is 28.8 Å². The van der Waals surface area contributed by atoms with Gasteiger partial charge >= 0.3 is 0 Å². The Balaban J connectivity index is 1.51. The smallest absolute Gasteiger partial charge is 0.247 e. The monoisotopic (exact) mass is 335 g/mol. The third-order valence-electron chi connectivity index (χ3n) is 4.67. The second-order valence-electron chi connectivity index (χ2n) is 6.27. The Morgan fingerprint density at radius 3 is 2.84 bits per heavy atom. The number of hydrogen-bond acceptors (Lipinski definition) is 5. The Labute approximate surface area is 147 Å². The molecule has 1 saturated heterocycles. The molecule has 5 heteroatoms. The maximum Gasteiger partial charge on any atom is 0.247 e. The SMILES string of the molecule is COc1cccc(C2CCCN2Cc2nnc(-c3ccccc3)o2)c1. The van der Waals surface area contributed by atoms with E-state index in [1.54, 1.807) is 7.11 Å². The number of nitrogens with zero attached hydrogens (tertiary/aromatic N) is 3. The standard InChI is InChI=1S/C20H21N3O2/c1-24-17-10-5-9-16(13-17)18-11-6-12-23(18)14-19-21-22-20(25-19)15-7-3-2-4-8-15/h2-5,7-10,13,18H,6,11-12,14H2,1H3. The first-order chi connectivity index (χ1) is 12.3. The van der Waals surface area contributed by atoms with Crippen molar-refractivity contribution in [3.8, 4) is 17.2 Å². The number of aromatic nitrogens is 2. The Kier molecular flexibility index (Phi) is 4.48. The summed E-state index contributed by atoms with van der Waals surface area (Å²) >= 11 is 0. The van der Waals surface area contributed by atoms with Crippen molar-refractivity contribution in [2.45, 2.75) is 25.4 Å². The van der Waals surface area contributed by atoms with E-state index in [9.17, 15) is 0 Å². The zero-order chi connectivity index (χ0) is 17.1. The third-order valence-corrected chi connectivity index (χ3v) is 4.67. The van der Waals surface area contributed by atoms with Gasteiger partial charge in [-0.15, -0.1) is 10.2 Å². The van der Waals surface area contributed by atoms with Crippen LogP contribution in [0, 0.1) is 0 Å². The average molecular weight is 335 g/mol. The molecule has 1 aliphatic rings. The molecule has 0 spiro atoms. The van der Waals surface area contributed by atoms with Gasteiger partial charge in [0.25, 0.3) is 0 Å². The van der Waals surface area contributed by atoms with Crippen molar-refractivity contribution in [1.29, 1.82) is 0 Å². The van der Waals surface area contributed by atoms with Gasteiger partial charge in [0.1, 0.15) is 5.75 Å². The number of likely N-dealkylation sites (tertiary alicyclic amines) is 1. The van der Waals surface area contributed by atoms with Gasteiger partial charge in [-0.25, -0.2) is 0 Å². The summed E-state index contributed by atoms with van der Waals surface area (Å²) in [4.78, 5) is 2.40. The Hall–Kier alpha value is -2.66. The maximum absolute atomic E-state index is 5.87. The molecular formula is C20H21N3O2. The highest BCUT2D eigenvalue weighted by atomic mass is 16.5. The van der Waals surface area contributed by atoms with E-state index in [1.165, 1.54) is 12.0 Å². The summed E-state index contributed by atoms with van der Waals surface area (Å²) in [5.74, 6) is 2.13. The van der Waals surface area contributed by atoms with Gasteiger partial charge in [-0.1, -0.05) is 30.3 Å². The molecule has 128 valence electrons. The summed E-state index contributed by atoms with van der Waals surface area (Å²) in [6, 6.07) is 18.5. The molecule has 0 saturated carbocycles. The lowest BCUT2D eigenvalue weighted by molar-refractivity contribution is 0.224. The predicted molar refractivity (Wildman–Crippen MR) is 95.1 cm³/mol. The molecule has 1 aromatic heterocycles. The second kappa shape index (κ2) is 7.07. The van der Waals surface area contributed by atoms with Crippen LogP contribution in [0.1, 0.15) is 30.3 Å². The predicted octanol–water partition coefficient (Wildman–Crippen LogP) is 4.08. The van der Waals surface area contributed by atoms with Crippen molar-refractivity contribution in [3.63, 3.8) is 0 Å². The van der Waals surface area contributed by atoms with Crippen LogP contribution >= 0.6 is 0 Å². The lowest BCUT2D eigenvalue weighted by Crippen LogP contribution is -2.23. The summed E-state index contributed by atoms with van der Waals surface area (Å²) < 4.78 is 11.2. The van der Waals surface area contributed by atoms with E-state index in [2.05, 4.69) is 27.2 Å². The van der Waals surface area contributed by atoms with Crippen molar-refractivity contribution < 1.29 is 9.15 Å². The van der Waals surface area contributed by atoms with Gasteiger partial charge in [-0.05, 0) is 49.2 Å². The molecule has 1 atom stereocenters. The van der Waals surface area contributed by atoms with E-state index in [-0.39, 0.29) is 0 Å². The fraction of sp³-hybridized carbons (Fsp3) is 0.300. The largest absolute Gasteiger partial charge is 0.497 e. The molecule has 3 aromatic rings. The lowest BCUT2D eigenvalue weighted by atomic mass is 10.0. The minimum atomic E-state index is 0.363. The van der Waals surface area contributed by atoms with Crippen LogP contribution in [0.5, 0.6) is 5.75 Å². The maximum atomic E-state index is 5.87. The summed E-state index contributed by atoms with van der Waals surface area (Å²) in [6.07, 6.45) is 2.30. The Morgan fingerprint density at radius 2 is 2.00 bits per heavy atom. The van der Waals surface area contributed by atoms with Gasteiger partial charge in [0.2, 0.25) is 11.8 Å². The zero-order valence-electron chi connectivity index (χ0n) is 14.3. The molecule has 0 N–H and O–H groups in total. The number of benzene rings is 2. The number of hydrogen-bond donors (Lipinski definition) is 0. The van der Waals surface area contributed by atoms with Crippen LogP contribution in [0.25, 0.3) is 11.5 Å². The molecule has 4 rings (SSSR count). The molecule has 1 aliphatic heterocycles. The van der Waals surface area contributed by atoms with Crippen LogP contribution in [0.15, 0.2) is 59.0 Å². The van der Waals surface area contributed by atoms with Gasteiger partial charge in [0, 0.05) is 11.6 Å². The highest BCUT2D eigenvalue weighted by Gasteiger charge is 2.27. The number of ether oxygens (including phenoxy) is 1. The van der Waals surface area contributed by atoms with E-state index in [1.807, 2.05) is 42.5 Å². The second-order valence-corrected chi connectivity index (χ2v) is 6.27. The van der Waals surface area contributed by atoms with E-state index in [4.69, 9.17) is 9.15 Å². The molecule has 5 nitrogen and oxygen atoms in total. The van der Waals surface area contributed by atoms with Crippen molar-refractivity contribution in [2.24, 2.45) is 0 Å². The molecule has 2 aromatic carbocycles. The zero-order valence-corrected chi connectivity index (χ0v) is 14.3. The molecule has 2 heterocycles. The van der Waals surface area contributed by atoms with Crippen LogP contribution < -0.4 is 4.74 Å². The van der Waals surface area contributed by atoms with Crippen molar-refractivity contribution in [1.82, 2.24) is 15.1 Å². The lowest BCUT2D eigenvalue weighted by Gasteiger charge is -2.23. The van der Waals surface area contributed by atoms with Crippen LogP contribution in [0.3, 0.4) is 0 Å². The number of rotatable bonds is 5. The highest BCUT2D eigenvalue weighted by molar-refractivity contribution is 5.51. The molecule has 0 bridgehead atoms. The summed E-state index contributed by atoms with van der Waals surface area (Å²) in [6.45, 7) is 1.70. The summed E-state index contributed by atoms with van der Waals surface area (Å²) in [5, 5.41) is 8.43. The fourth-order valence-corrected chi connectivity index (χ4v) is 3.43. The van der Waals surface area contributed by atoms with Crippen molar-refractivity contribution in [3.05, 3.63) is 66.1 Å². The summed E-state index contributed by atoms with van der Waals surface area (Å²) in [7, 11) is 1.70. The van der Waals surface area contributed by atoms with Gasteiger partial charge in [-0.2, -0.15) is 0 Å². The van der Waals surface area contributed by atoms with Crippen LogP contribution in [-0.2, 0) is 6.54 Å². The Bertz CT molecular complexity index is 832. The van der Waals surface area contributed by atoms with E-state index in [0.29, 0.717) is 24.4 Å². The molecular weight excluding hydrogens is 314 g/mol. The molecule has 1 fully saturated rings. The van der Waals surface area contributed by atoms with E-state index in [0.717, 1.165) is 24.3 Å². The van der Waals surface area contributed by atoms with Crippen molar-refractivity contribution in [2.75, 3.05) is 13.7 Å². The minimum absolute atomic E-state index is 0.363. The first kappa shape index (κ1) is 15.8.